The number of nitrogens with two attached hydrogens (primary N) is 1. The molecule has 0 atom stereocenters. The van der Waals surface area contributed by atoms with Gasteiger partial charge in [0.2, 0.25) is 0 Å². The molecule has 0 unspecified atom stereocenters. The van der Waals surface area contributed by atoms with Crippen molar-refractivity contribution < 1.29 is 27.8 Å². The summed E-state index contributed by atoms with van der Waals surface area (Å²) in [5.74, 6) is -2.06. The summed E-state index contributed by atoms with van der Waals surface area (Å²) in [4.78, 5) is 14.2. The largest absolute Gasteiger partial charge is 0.573 e. The number of aromatic carboxylic acids is 1. The van der Waals surface area contributed by atoms with E-state index in [1.54, 1.807) is 0 Å². The van der Waals surface area contributed by atoms with E-state index in [4.69, 9.17) is 10.8 Å². The normalized spacial score (nSPS) is 11.4. The van der Waals surface area contributed by atoms with Crippen molar-refractivity contribution in [3.8, 4) is 5.75 Å². The molecule has 1 aromatic heterocycles. The standard InChI is InChI=1S/C8H6F3IN2O3/c9-8(10,11)17-6-3(1-13)2-14-5(4(6)12)7(15)16/h2H,1,13H2,(H,15,16). The SMILES string of the molecule is NCc1cnc(C(=O)O)c(I)c1OC(F)(F)F. The zero-order valence-corrected chi connectivity index (χ0v) is 10.2. The van der Waals surface area contributed by atoms with Gasteiger partial charge in [-0.2, -0.15) is 0 Å². The molecule has 5 nitrogen and oxygen atoms in total. The monoisotopic (exact) mass is 362 g/mol. The Morgan fingerprint density at radius 2 is 2.18 bits per heavy atom. The van der Waals surface area contributed by atoms with Crippen LogP contribution in [0, 0.1) is 3.57 Å². The smallest absolute Gasteiger partial charge is 0.476 e. The number of carboxylic acid groups (broad SMARTS) is 1. The molecule has 17 heavy (non-hydrogen) atoms. The van der Waals surface area contributed by atoms with Crippen molar-refractivity contribution >= 4 is 28.6 Å². The van der Waals surface area contributed by atoms with Crippen LogP contribution in [-0.2, 0) is 6.54 Å². The number of alkyl halides is 3. The Morgan fingerprint density at radius 3 is 2.59 bits per heavy atom. The number of ether oxygens (including phenoxy) is 1. The second-order valence-corrected chi connectivity index (χ2v) is 3.91. The van der Waals surface area contributed by atoms with Gasteiger partial charge in [-0.25, -0.2) is 9.78 Å². The Kier molecular flexibility index (Phi) is 4.14. The van der Waals surface area contributed by atoms with Gasteiger partial charge in [-0.1, -0.05) is 0 Å². The zero-order chi connectivity index (χ0) is 13.2. The first-order chi connectivity index (χ1) is 7.76. The molecule has 0 aromatic carbocycles. The van der Waals surface area contributed by atoms with Crippen molar-refractivity contribution in [2.45, 2.75) is 12.9 Å². The summed E-state index contributed by atoms with van der Waals surface area (Å²) in [7, 11) is 0. The van der Waals surface area contributed by atoms with Crippen LogP contribution in [0.3, 0.4) is 0 Å². The number of nitrogens with zero attached hydrogens (tertiary/aromatic N) is 1. The summed E-state index contributed by atoms with van der Waals surface area (Å²) in [5, 5.41) is 8.72. The van der Waals surface area contributed by atoms with Gasteiger partial charge in [0.05, 0.1) is 3.57 Å². The Balaban J connectivity index is 3.32. The number of hydrogen-bond donors (Lipinski definition) is 2. The molecular formula is C8H6F3IN2O3. The third-order valence-electron chi connectivity index (χ3n) is 1.69. The Hall–Kier alpha value is -1.10. The van der Waals surface area contributed by atoms with Crippen molar-refractivity contribution in [3.63, 3.8) is 0 Å². The highest BCUT2D eigenvalue weighted by atomic mass is 127. The molecule has 0 aliphatic rings. The third kappa shape index (κ3) is 3.43. The van der Waals surface area contributed by atoms with Gasteiger partial charge in [-0.15, -0.1) is 13.2 Å². The molecule has 9 heteroatoms. The van der Waals surface area contributed by atoms with Crippen LogP contribution in [0.4, 0.5) is 13.2 Å². The fraction of sp³-hybridized carbons (Fsp3) is 0.250. The lowest BCUT2D eigenvalue weighted by molar-refractivity contribution is -0.275. The summed E-state index contributed by atoms with van der Waals surface area (Å²) >= 11 is 1.42. The molecule has 3 N–H and O–H groups in total. The predicted octanol–water partition coefficient (Wildman–Crippen LogP) is 1.74. The van der Waals surface area contributed by atoms with Gasteiger partial charge in [-0.05, 0) is 22.6 Å². The van der Waals surface area contributed by atoms with Crippen LogP contribution in [-0.4, -0.2) is 22.4 Å². The highest BCUT2D eigenvalue weighted by molar-refractivity contribution is 14.1. The van der Waals surface area contributed by atoms with E-state index in [0.29, 0.717) is 0 Å². The van der Waals surface area contributed by atoms with Crippen LogP contribution in [0.2, 0.25) is 0 Å². The van der Waals surface area contributed by atoms with E-state index >= 15 is 0 Å². The number of aromatic nitrogens is 1. The second kappa shape index (κ2) is 5.04. The van der Waals surface area contributed by atoms with E-state index in [1.165, 1.54) is 22.6 Å². The van der Waals surface area contributed by atoms with Gasteiger partial charge in [0, 0.05) is 18.3 Å². The summed E-state index contributed by atoms with van der Waals surface area (Å²) < 4.78 is 39.9. The molecule has 0 saturated carbocycles. The van der Waals surface area contributed by atoms with E-state index in [9.17, 15) is 18.0 Å². The molecule has 0 aliphatic heterocycles. The lowest BCUT2D eigenvalue weighted by Gasteiger charge is -2.14. The van der Waals surface area contributed by atoms with Crippen LogP contribution in [0.25, 0.3) is 0 Å². The van der Waals surface area contributed by atoms with E-state index in [1.807, 2.05) is 0 Å². The first-order valence-corrected chi connectivity index (χ1v) is 5.20. The second-order valence-electron chi connectivity index (χ2n) is 2.83. The van der Waals surface area contributed by atoms with Gasteiger partial charge >= 0.3 is 12.3 Å². The van der Waals surface area contributed by atoms with E-state index in [-0.39, 0.29) is 15.7 Å². The maximum Gasteiger partial charge on any atom is 0.573 e. The minimum atomic E-state index is -4.92. The summed E-state index contributed by atoms with van der Waals surface area (Å²) in [6, 6.07) is 0. The van der Waals surface area contributed by atoms with Crippen molar-refractivity contribution in [3.05, 3.63) is 21.0 Å². The van der Waals surface area contributed by atoms with Gasteiger partial charge in [0.1, 0.15) is 0 Å². The molecule has 1 rings (SSSR count). The highest BCUT2D eigenvalue weighted by Crippen LogP contribution is 2.32. The fourth-order valence-corrected chi connectivity index (χ4v) is 1.85. The quantitative estimate of drug-likeness (QED) is 0.801. The molecule has 1 aromatic rings. The Bertz CT molecular complexity index is 450. The van der Waals surface area contributed by atoms with Crippen LogP contribution in [0.5, 0.6) is 5.75 Å². The maximum atomic E-state index is 12.1. The number of carbonyl (C=O) groups is 1. The highest BCUT2D eigenvalue weighted by Gasteiger charge is 2.34. The molecule has 0 saturated heterocycles. The average Bonchev–Trinajstić information content (AvgIpc) is 2.18. The first-order valence-electron chi connectivity index (χ1n) is 4.12. The summed E-state index contributed by atoms with van der Waals surface area (Å²) in [6.45, 7) is -0.242. The van der Waals surface area contributed by atoms with Crippen molar-refractivity contribution in [1.29, 1.82) is 0 Å². The van der Waals surface area contributed by atoms with Gasteiger partial charge in [-0.3, -0.25) is 0 Å². The molecule has 0 fully saturated rings. The lowest BCUT2D eigenvalue weighted by Crippen LogP contribution is -2.21. The number of halogens is 4. The van der Waals surface area contributed by atoms with Crippen molar-refractivity contribution in [1.82, 2.24) is 4.98 Å². The van der Waals surface area contributed by atoms with Crippen LogP contribution in [0.15, 0.2) is 6.20 Å². The van der Waals surface area contributed by atoms with Gasteiger partial charge in [0.25, 0.3) is 0 Å². The molecule has 94 valence electrons. The van der Waals surface area contributed by atoms with Crippen molar-refractivity contribution in [2.24, 2.45) is 5.73 Å². The molecular weight excluding hydrogens is 356 g/mol. The number of hydrogen-bond acceptors (Lipinski definition) is 4. The Morgan fingerprint density at radius 1 is 1.59 bits per heavy atom. The van der Waals surface area contributed by atoms with Crippen LogP contribution in [0.1, 0.15) is 16.1 Å². The molecule has 0 radical (unpaired) electrons. The summed E-state index contributed by atoms with van der Waals surface area (Å²) in [6.07, 6.45) is -3.96. The minimum absolute atomic E-state index is 0.0169. The van der Waals surface area contributed by atoms with Crippen LogP contribution >= 0.6 is 22.6 Å². The Labute approximate surface area is 107 Å². The molecule has 0 spiro atoms. The van der Waals surface area contributed by atoms with E-state index in [0.717, 1.165) is 6.20 Å². The summed E-state index contributed by atoms with van der Waals surface area (Å²) in [5.41, 5.74) is 4.70. The van der Waals surface area contributed by atoms with Crippen molar-refractivity contribution in [2.75, 3.05) is 0 Å². The molecule has 0 aliphatic carbocycles. The van der Waals surface area contributed by atoms with Gasteiger partial charge < -0.3 is 15.6 Å². The van der Waals surface area contributed by atoms with E-state index < -0.39 is 23.8 Å². The van der Waals surface area contributed by atoms with Crippen LogP contribution < -0.4 is 10.5 Å². The van der Waals surface area contributed by atoms with Gasteiger partial charge in [0.15, 0.2) is 11.4 Å². The minimum Gasteiger partial charge on any atom is -0.476 e. The van der Waals surface area contributed by atoms with E-state index in [2.05, 4.69) is 9.72 Å². The molecule has 0 amide bonds. The predicted molar refractivity (Wildman–Crippen MR) is 58.5 cm³/mol. The number of rotatable bonds is 3. The first kappa shape index (κ1) is 14.0. The molecule has 1 heterocycles. The number of carboxylic acids is 1. The zero-order valence-electron chi connectivity index (χ0n) is 8.08. The fourth-order valence-electron chi connectivity index (χ4n) is 1.03. The average molecular weight is 362 g/mol. The number of pyridine rings is 1. The maximum absolute atomic E-state index is 12.1. The third-order valence-corrected chi connectivity index (χ3v) is 2.69. The topological polar surface area (TPSA) is 85.4 Å². The lowest BCUT2D eigenvalue weighted by atomic mass is 10.2. The molecule has 0 bridgehead atoms.